The molecule has 0 spiro atoms. The van der Waals surface area contributed by atoms with E-state index in [-0.39, 0.29) is 0 Å². The number of rotatable bonds is 7. The van der Waals surface area contributed by atoms with E-state index in [2.05, 4.69) is 19.1 Å². The molecule has 0 radical (unpaired) electrons. The predicted molar refractivity (Wildman–Crippen MR) is 53.2 cm³/mol. The van der Waals surface area contributed by atoms with Gasteiger partial charge in [-0.25, -0.2) is 0 Å². The highest BCUT2D eigenvalue weighted by Gasteiger charge is 1.89. The zero-order valence-corrected chi connectivity index (χ0v) is 8.31. The molecule has 0 N–H and O–H groups in total. The molecular weight excluding hydrogens is 148 g/mol. The first-order valence-corrected chi connectivity index (χ1v) is 4.91. The van der Waals surface area contributed by atoms with Crippen LogP contribution in [0.25, 0.3) is 0 Å². The number of unbranched alkanes of at least 4 members (excludes halogenated alkanes) is 3. The van der Waals surface area contributed by atoms with Gasteiger partial charge in [-0.2, -0.15) is 0 Å². The maximum Gasteiger partial charge on any atom is 0.129 e. The lowest BCUT2D eigenvalue weighted by Crippen LogP contribution is -1.87. The van der Waals surface area contributed by atoms with Crippen molar-refractivity contribution in [1.82, 2.24) is 0 Å². The minimum absolute atomic E-state index is 0.303. The molecular formula is C11H20O. The van der Waals surface area contributed by atoms with Crippen LogP contribution in [-0.2, 0) is 4.79 Å². The van der Waals surface area contributed by atoms with E-state index < -0.39 is 0 Å². The summed E-state index contributed by atoms with van der Waals surface area (Å²) in [5.41, 5.74) is 0. The second-order valence-corrected chi connectivity index (χ2v) is 3.21. The Hall–Kier alpha value is -0.590. The van der Waals surface area contributed by atoms with Crippen LogP contribution in [0.2, 0.25) is 0 Å². The molecule has 0 saturated heterocycles. The highest BCUT2D eigenvalue weighted by Crippen LogP contribution is 2.00. The molecule has 0 saturated carbocycles. The molecule has 0 aromatic heterocycles. The van der Waals surface area contributed by atoms with Crippen molar-refractivity contribution in [1.29, 1.82) is 0 Å². The summed E-state index contributed by atoms with van der Waals surface area (Å²) in [6.45, 7) is 3.85. The number of ketones is 1. The van der Waals surface area contributed by atoms with Gasteiger partial charge in [-0.15, -0.1) is 0 Å². The number of carbonyl (C=O) groups excluding carboxylic acids is 1. The first kappa shape index (κ1) is 11.4. The maximum absolute atomic E-state index is 10.6. The van der Waals surface area contributed by atoms with Crippen molar-refractivity contribution in [3.05, 3.63) is 12.2 Å². The zero-order valence-electron chi connectivity index (χ0n) is 8.31. The van der Waals surface area contributed by atoms with Crippen molar-refractivity contribution in [2.45, 2.75) is 52.4 Å². The summed E-state index contributed by atoms with van der Waals surface area (Å²) < 4.78 is 0. The first-order valence-electron chi connectivity index (χ1n) is 4.91. The predicted octanol–water partition coefficient (Wildman–Crippen LogP) is 3.49. The van der Waals surface area contributed by atoms with Gasteiger partial charge in [0.25, 0.3) is 0 Å². The van der Waals surface area contributed by atoms with Crippen LogP contribution in [0.5, 0.6) is 0 Å². The van der Waals surface area contributed by atoms with E-state index in [1.807, 2.05) is 0 Å². The Bertz CT molecular complexity index is 136. The second-order valence-electron chi connectivity index (χ2n) is 3.21. The van der Waals surface area contributed by atoms with Crippen LogP contribution in [0.1, 0.15) is 52.4 Å². The van der Waals surface area contributed by atoms with Gasteiger partial charge in [0.05, 0.1) is 0 Å². The molecule has 0 atom stereocenters. The van der Waals surface area contributed by atoms with E-state index in [9.17, 15) is 4.79 Å². The molecule has 0 aliphatic heterocycles. The van der Waals surface area contributed by atoms with E-state index in [0.717, 1.165) is 19.3 Å². The van der Waals surface area contributed by atoms with E-state index in [0.29, 0.717) is 5.78 Å². The Morgan fingerprint density at radius 2 is 1.75 bits per heavy atom. The average Bonchev–Trinajstić information content (AvgIpc) is 2.02. The lowest BCUT2D eigenvalue weighted by Gasteiger charge is -1.91. The quantitative estimate of drug-likeness (QED) is 0.420. The van der Waals surface area contributed by atoms with Crippen LogP contribution in [0.4, 0.5) is 0 Å². The molecule has 1 nitrogen and oxygen atoms in total. The smallest absolute Gasteiger partial charge is 0.129 e. The highest BCUT2D eigenvalue weighted by molar-refractivity contribution is 5.75. The monoisotopic (exact) mass is 168 g/mol. The largest absolute Gasteiger partial charge is 0.300 e. The number of Topliss-reactive ketones (excluding diaryl/α,β-unsaturated/α-hetero) is 1. The van der Waals surface area contributed by atoms with Crippen molar-refractivity contribution in [2.24, 2.45) is 0 Å². The summed E-state index contributed by atoms with van der Waals surface area (Å²) in [6.07, 6.45) is 11.0. The molecule has 0 aliphatic carbocycles. The van der Waals surface area contributed by atoms with Gasteiger partial charge in [-0.3, -0.25) is 0 Å². The number of allylic oxidation sites excluding steroid dienone is 2. The van der Waals surface area contributed by atoms with Crippen LogP contribution in [0.15, 0.2) is 12.2 Å². The van der Waals surface area contributed by atoms with Crippen molar-refractivity contribution in [2.75, 3.05) is 0 Å². The van der Waals surface area contributed by atoms with Gasteiger partial charge in [-0.1, -0.05) is 31.9 Å². The summed E-state index contributed by atoms with van der Waals surface area (Å²) in [4.78, 5) is 10.6. The molecule has 0 aromatic rings. The fourth-order valence-electron chi connectivity index (χ4n) is 1.03. The summed E-state index contributed by atoms with van der Waals surface area (Å²) in [5, 5.41) is 0. The summed E-state index contributed by atoms with van der Waals surface area (Å²) in [5.74, 6) is 0.303. The maximum atomic E-state index is 10.6. The summed E-state index contributed by atoms with van der Waals surface area (Å²) >= 11 is 0. The molecule has 0 heterocycles. The van der Waals surface area contributed by atoms with Gasteiger partial charge in [0, 0.05) is 6.42 Å². The molecule has 70 valence electrons. The minimum atomic E-state index is 0.303. The lowest BCUT2D eigenvalue weighted by atomic mass is 10.1. The summed E-state index contributed by atoms with van der Waals surface area (Å²) in [7, 11) is 0. The highest BCUT2D eigenvalue weighted by atomic mass is 16.1. The molecule has 12 heavy (non-hydrogen) atoms. The van der Waals surface area contributed by atoms with Gasteiger partial charge in [0.1, 0.15) is 5.78 Å². The Balaban J connectivity index is 3.08. The topological polar surface area (TPSA) is 17.1 Å². The first-order chi connectivity index (χ1) is 5.77. The molecule has 0 fully saturated rings. The van der Waals surface area contributed by atoms with Crippen molar-refractivity contribution >= 4 is 5.78 Å². The molecule has 0 aliphatic rings. The van der Waals surface area contributed by atoms with Crippen molar-refractivity contribution in [3.63, 3.8) is 0 Å². The van der Waals surface area contributed by atoms with Gasteiger partial charge in [0.15, 0.2) is 0 Å². The van der Waals surface area contributed by atoms with Crippen LogP contribution >= 0.6 is 0 Å². The Labute approximate surface area is 75.9 Å². The second kappa shape index (κ2) is 8.51. The third kappa shape index (κ3) is 9.41. The Morgan fingerprint density at radius 3 is 2.25 bits per heavy atom. The fraction of sp³-hybridized carbons (Fsp3) is 0.727. The zero-order chi connectivity index (χ0) is 9.23. The average molecular weight is 168 g/mol. The van der Waals surface area contributed by atoms with Gasteiger partial charge in [-0.05, 0) is 26.2 Å². The third-order valence-corrected chi connectivity index (χ3v) is 1.79. The van der Waals surface area contributed by atoms with Crippen LogP contribution in [-0.4, -0.2) is 5.78 Å². The van der Waals surface area contributed by atoms with Crippen molar-refractivity contribution in [3.8, 4) is 0 Å². The minimum Gasteiger partial charge on any atom is -0.300 e. The summed E-state index contributed by atoms with van der Waals surface area (Å²) in [6, 6.07) is 0. The lowest BCUT2D eigenvalue weighted by molar-refractivity contribution is -0.117. The normalized spacial score (nSPS) is 10.8. The third-order valence-electron chi connectivity index (χ3n) is 1.79. The molecule has 0 aromatic carbocycles. The SMILES string of the molecule is CCCCC=CCCCC(C)=O. The number of hydrogen-bond donors (Lipinski definition) is 0. The van der Waals surface area contributed by atoms with Crippen LogP contribution in [0, 0.1) is 0 Å². The molecule has 1 heteroatoms. The number of hydrogen-bond acceptors (Lipinski definition) is 1. The molecule has 0 amide bonds. The fourth-order valence-corrected chi connectivity index (χ4v) is 1.03. The van der Waals surface area contributed by atoms with Crippen LogP contribution < -0.4 is 0 Å². The number of carbonyl (C=O) groups is 1. The molecule has 0 bridgehead atoms. The molecule has 0 unspecified atom stereocenters. The van der Waals surface area contributed by atoms with E-state index >= 15 is 0 Å². The van der Waals surface area contributed by atoms with E-state index in [1.165, 1.54) is 19.3 Å². The van der Waals surface area contributed by atoms with Gasteiger partial charge in [0.2, 0.25) is 0 Å². The van der Waals surface area contributed by atoms with Gasteiger partial charge < -0.3 is 4.79 Å². The van der Waals surface area contributed by atoms with Crippen LogP contribution in [0.3, 0.4) is 0 Å². The Morgan fingerprint density at radius 1 is 1.17 bits per heavy atom. The Kier molecular flexibility index (Phi) is 8.09. The molecule has 0 rings (SSSR count). The standard InChI is InChI=1S/C11H20O/c1-3-4-5-6-7-8-9-10-11(2)12/h6-7H,3-5,8-10H2,1-2H3. The van der Waals surface area contributed by atoms with E-state index in [1.54, 1.807) is 6.92 Å². The van der Waals surface area contributed by atoms with Gasteiger partial charge >= 0.3 is 0 Å². The van der Waals surface area contributed by atoms with Crippen molar-refractivity contribution < 1.29 is 4.79 Å². The van der Waals surface area contributed by atoms with E-state index in [4.69, 9.17) is 0 Å².